The number of anilines is 1. The zero-order chi connectivity index (χ0) is 15.9. The quantitative estimate of drug-likeness (QED) is 0.853. The van der Waals surface area contributed by atoms with E-state index in [2.05, 4.69) is 20.6 Å². The minimum Gasteiger partial charge on any atom is -0.381 e. The van der Waals surface area contributed by atoms with E-state index in [0.29, 0.717) is 12.1 Å². The lowest BCUT2D eigenvalue weighted by Crippen LogP contribution is -2.23. The Balaban J connectivity index is 1.54. The van der Waals surface area contributed by atoms with Gasteiger partial charge in [0.1, 0.15) is 0 Å². The van der Waals surface area contributed by atoms with Gasteiger partial charge in [0.15, 0.2) is 0 Å². The summed E-state index contributed by atoms with van der Waals surface area (Å²) in [5.41, 5.74) is 2.32. The van der Waals surface area contributed by atoms with Gasteiger partial charge in [0.25, 0.3) is 5.91 Å². The molecule has 1 amide bonds. The lowest BCUT2D eigenvalue weighted by Gasteiger charge is -2.12. The molecule has 0 aliphatic carbocycles. The number of nitrogens with zero attached hydrogens (tertiary/aromatic N) is 2. The normalized spacial score (nSPS) is 17.0. The number of carbonyl (C=O) groups is 1. The molecule has 0 bridgehead atoms. The molecule has 23 heavy (non-hydrogen) atoms. The summed E-state index contributed by atoms with van der Waals surface area (Å²) in [6, 6.07) is 5.57. The van der Waals surface area contributed by atoms with Crippen molar-refractivity contribution in [1.29, 1.82) is 0 Å². The maximum absolute atomic E-state index is 12.2. The second-order valence-corrected chi connectivity index (χ2v) is 5.52. The van der Waals surface area contributed by atoms with Gasteiger partial charge in [-0.15, -0.1) is 0 Å². The Morgan fingerprint density at radius 2 is 2.26 bits per heavy atom. The van der Waals surface area contributed by atoms with Crippen molar-refractivity contribution in [1.82, 2.24) is 15.3 Å². The van der Waals surface area contributed by atoms with Crippen LogP contribution in [0.5, 0.6) is 0 Å². The number of amides is 1. The van der Waals surface area contributed by atoms with E-state index in [9.17, 15) is 4.79 Å². The third-order valence-corrected chi connectivity index (χ3v) is 3.73. The molecule has 3 rings (SSSR count). The third-order valence-electron chi connectivity index (χ3n) is 3.73. The van der Waals surface area contributed by atoms with Gasteiger partial charge in [0, 0.05) is 44.5 Å². The summed E-state index contributed by atoms with van der Waals surface area (Å²) in [4.78, 5) is 20.4. The van der Waals surface area contributed by atoms with Crippen molar-refractivity contribution >= 4 is 11.6 Å². The Morgan fingerprint density at radius 3 is 3.04 bits per heavy atom. The highest BCUT2D eigenvalue weighted by Crippen LogP contribution is 2.14. The maximum Gasteiger partial charge on any atom is 0.253 e. The first-order valence-electron chi connectivity index (χ1n) is 7.79. The lowest BCUT2D eigenvalue weighted by molar-refractivity contribution is 0.0950. The zero-order valence-electron chi connectivity index (χ0n) is 12.9. The van der Waals surface area contributed by atoms with Crippen LogP contribution in [-0.4, -0.2) is 35.1 Å². The highest BCUT2D eigenvalue weighted by atomic mass is 16.5. The molecule has 1 saturated heterocycles. The fourth-order valence-corrected chi connectivity index (χ4v) is 2.48. The predicted octanol–water partition coefficient (Wildman–Crippen LogP) is 2.00. The molecule has 1 aliphatic rings. The van der Waals surface area contributed by atoms with Gasteiger partial charge in [-0.05, 0) is 30.5 Å². The number of carbonyl (C=O) groups excluding carboxylic acids is 1. The van der Waals surface area contributed by atoms with Crippen LogP contribution < -0.4 is 10.6 Å². The second-order valence-electron chi connectivity index (χ2n) is 5.52. The molecular formula is C17H20N4O2. The largest absolute Gasteiger partial charge is 0.381 e. The fourth-order valence-electron chi connectivity index (χ4n) is 2.48. The molecule has 120 valence electrons. The molecule has 0 spiro atoms. The number of rotatable bonds is 6. The van der Waals surface area contributed by atoms with Crippen molar-refractivity contribution in [2.24, 2.45) is 0 Å². The van der Waals surface area contributed by atoms with E-state index in [1.54, 1.807) is 30.9 Å². The zero-order valence-corrected chi connectivity index (χ0v) is 12.9. The van der Waals surface area contributed by atoms with E-state index in [0.717, 1.165) is 37.2 Å². The minimum atomic E-state index is -0.151. The molecule has 1 unspecified atom stereocenters. The molecule has 6 heteroatoms. The van der Waals surface area contributed by atoms with Gasteiger partial charge in [-0.2, -0.15) is 0 Å². The van der Waals surface area contributed by atoms with Crippen molar-refractivity contribution in [3.8, 4) is 0 Å². The van der Waals surface area contributed by atoms with Crippen molar-refractivity contribution in [3.05, 3.63) is 54.1 Å². The van der Waals surface area contributed by atoms with Crippen molar-refractivity contribution < 1.29 is 9.53 Å². The molecule has 0 radical (unpaired) electrons. The molecular weight excluding hydrogens is 292 g/mol. The van der Waals surface area contributed by atoms with E-state index in [1.807, 2.05) is 12.1 Å². The molecule has 1 aliphatic heterocycles. The SMILES string of the molecule is O=C(NCc1cccnc1)c1cncc(NCC2CCCO2)c1. The van der Waals surface area contributed by atoms with Crippen LogP contribution in [0.25, 0.3) is 0 Å². The van der Waals surface area contributed by atoms with Crippen LogP contribution in [0.15, 0.2) is 43.0 Å². The monoisotopic (exact) mass is 312 g/mol. The first-order valence-corrected chi connectivity index (χ1v) is 7.79. The van der Waals surface area contributed by atoms with E-state index in [4.69, 9.17) is 4.74 Å². The first-order chi connectivity index (χ1) is 11.3. The fraction of sp³-hybridized carbons (Fsp3) is 0.353. The van der Waals surface area contributed by atoms with Gasteiger partial charge in [-0.25, -0.2) is 0 Å². The summed E-state index contributed by atoms with van der Waals surface area (Å²) in [7, 11) is 0. The summed E-state index contributed by atoms with van der Waals surface area (Å²) in [6.07, 6.45) is 9.16. The average molecular weight is 312 g/mol. The smallest absolute Gasteiger partial charge is 0.253 e. The second kappa shape index (κ2) is 7.69. The Hall–Kier alpha value is -2.47. The molecule has 0 aromatic carbocycles. The van der Waals surface area contributed by atoms with Crippen LogP contribution in [-0.2, 0) is 11.3 Å². The average Bonchev–Trinajstić information content (AvgIpc) is 3.12. The van der Waals surface area contributed by atoms with E-state index in [1.165, 1.54) is 0 Å². The third kappa shape index (κ3) is 4.50. The van der Waals surface area contributed by atoms with Crippen molar-refractivity contribution in [2.75, 3.05) is 18.5 Å². The van der Waals surface area contributed by atoms with Gasteiger partial charge < -0.3 is 15.4 Å². The number of hydrogen-bond donors (Lipinski definition) is 2. The van der Waals surface area contributed by atoms with Crippen molar-refractivity contribution in [2.45, 2.75) is 25.5 Å². The molecule has 2 aromatic heterocycles. The van der Waals surface area contributed by atoms with E-state index >= 15 is 0 Å². The summed E-state index contributed by atoms with van der Waals surface area (Å²) in [5.74, 6) is -0.151. The predicted molar refractivity (Wildman–Crippen MR) is 87.1 cm³/mol. The maximum atomic E-state index is 12.2. The Labute approximate surface area is 135 Å². The van der Waals surface area contributed by atoms with Gasteiger partial charge in [0.2, 0.25) is 0 Å². The molecule has 0 saturated carbocycles. The summed E-state index contributed by atoms with van der Waals surface area (Å²) >= 11 is 0. The molecule has 6 nitrogen and oxygen atoms in total. The molecule has 2 aromatic rings. The van der Waals surface area contributed by atoms with Gasteiger partial charge >= 0.3 is 0 Å². The number of ether oxygens (including phenoxy) is 1. The summed E-state index contributed by atoms with van der Waals surface area (Å²) in [5, 5.41) is 6.15. The van der Waals surface area contributed by atoms with Crippen LogP contribution in [0.4, 0.5) is 5.69 Å². The highest BCUT2D eigenvalue weighted by molar-refractivity contribution is 5.94. The number of pyridine rings is 2. The molecule has 2 N–H and O–H groups in total. The van der Waals surface area contributed by atoms with Crippen LogP contribution in [0.1, 0.15) is 28.8 Å². The van der Waals surface area contributed by atoms with Crippen LogP contribution >= 0.6 is 0 Å². The lowest BCUT2D eigenvalue weighted by atomic mass is 10.2. The molecule has 1 atom stereocenters. The number of nitrogens with one attached hydrogen (secondary N) is 2. The van der Waals surface area contributed by atoms with E-state index < -0.39 is 0 Å². The van der Waals surface area contributed by atoms with Gasteiger partial charge in [0.05, 0.1) is 17.4 Å². The molecule has 3 heterocycles. The number of aromatic nitrogens is 2. The minimum absolute atomic E-state index is 0.151. The van der Waals surface area contributed by atoms with E-state index in [-0.39, 0.29) is 12.0 Å². The Bertz CT molecular complexity index is 642. The summed E-state index contributed by atoms with van der Waals surface area (Å²) in [6.45, 7) is 2.02. The van der Waals surface area contributed by atoms with Crippen LogP contribution in [0, 0.1) is 0 Å². The van der Waals surface area contributed by atoms with Gasteiger partial charge in [-0.1, -0.05) is 6.07 Å². The van der Waals surface area contributed by atoms with Crippen LogP contribution in [0.3, 0.4) is 0 Å². The Morgan fingerprint density at radius 1 is 1.30 bits per heavy atom. The highest BCUT2D eigenvalue weighted by Gasteiger charge is 2.15. The molecule has 1 fully saturated rings. The van der Waals surface area contributed by atoms with Gasteiger partial charge in [-0.3, -0.25) is 14.8 Å². The summed E-state index contributed by atoms with van der Waals surface area (Å²) < 4.78 is 5.57. The van der Waals surface area contributed by atoms with Crippen molar-refractivity contribution in [3.63, 3.8) is 0 Å². The standard InChI is InChI=1S/C17H20N4O2/c22-17(21-9-13-3-1-5-18-8-13)14-7-15(11-19-10-14)20-12-16-4-2-6-23-16/h1,3,5,7-8,10-11,16,20H,2,4,6,9,12H2,(H,21,22). The topological polar surface area (TPSA) is 76.1 Å². The van der Waals surface area contributed by atoms with Crippen LogP contribution in [0.2, 0.25) is 0 Å². The number of hydrogen-bond acceptors (Lipinski definition) is 5. The Kier molecular flexibility index (Phi) is 5.16. The first kappa shape index (κ1) is 15.4.